The molecule has 1 heteroatoms. The first-order valence-electron chi connectivity index (χ1n) is 4.82. The number of allylic oxidation sites excluding steroid dienone is 3. The molecule has 68 valence electrons. The van der Waals surface area contributed by atoms with Crippen molar-refractivity contribution in [2.75, 3.05) is 6.61 Å². The first kappa shape index (κ1) is 9.53. The summed E-state index contributed by atoms with van der Waals surface area (Å²) in [5.74, 6) is 0. The van der Waals surface area contributed by atoms with E-state index in [0.717, 1.165) is 19.3 Å². The van der Waals surface area contributed by atoms with Crippen LogP contribution in [0.1, 0.15) is 38.5 Å². The molecular formula is C11H18O. The van der Waals surface area contributed by atoms with E-state index in [1.54, 1.807) is 0 Å². The minimum Gasteiger partial charge on any atom is -0.396 e. The molecular weight excluding hydrogens is 148 g/mol. The van der Waals surface area contributed by atoms with Crippen LogP contribution in [0.4, 0.5) is 0 Å². The van der Waals surface area contributed by atoms with E-state index in [9.17, 15) is 0 Å². The van der Waals surface area contributed by atoms with Gasteiger partial charge in [-0.05, 0) is 44.1 Å². The lowest BCUT2D eigenvalue weighted by molar-refractivity contribution is 0.284. The molecule has 0 aromatic carbocycles. The zero-order chi connectivity index (χ0) is 8.81. The normalized spacial score (nSPS) is 16.2. The van der Waals surface area contributed by atoms with E-state index in [2.05, 4.69) is 12.7 Å². The molecule has 0 radical (unpaired) electrons. The largest absolute Gasteiger partial charge is 0.396 e. The highest BCUT2D eigenvalue weighted by molar-refractivity contribution is 5.30. The van der Waals surface area contributed by atoms with E-state index in [-0.39, 0.29) is 0 Å². The molecule has 0 saturated carbocycles. The Labute approximate surface area is 74.8 Å². The highest BCUT2D eigenvalue weighted by atomic mass is 16.2. The molecule has 1 aliphatic carbocycles. The maximum Gasteiger partial charge on any atom is 0.0431 e. The van der Waals surface area contributed by atoms with Crippen molar-refractivity contribution in [3.8, 4) is 0 Å². The average molecular weight is 166 g/mol. The van der Waals surface area contributed by atoms with Crippen LogP contribution in [0.2, 0.25) is 0 Å². The first-order chi connectivity index (χ1) is 5.84. The summed E-state index contributed by atoms with van der Waals surface area (Å²) in [5, 5.41) is 8.60. The summed E-state index contributed by atoms with van der Waals surface area (Å²) in [7, 11) is 0. The number of rotatable bonds is 5. The summed E-state index contributed by atoms with van der Waals surface area (Å²) in [6.45, 7) is 4.37. The Balaban J connectivity index is 2.19. The van der Waals surface area contributed by atoms with Crippen molar-refractivity contribution < 1.29 is 5.11 Å². The van der Waals surface area contributed by atoms with Crippen LogP contribution in [0.15, 0.2) is 23.8 Å². The quantitative estimate of drug-likeness (QED) is 0.623. The molecule has 1 rings (SSSR count). The number of aliphatic hydroxyl groups is 1. The Hall–Kier alpha value is -0.560. The van der Waals surface area contributed by atoms with Crippen LogP contribution < -0.4 is 0 Å². The molecule has 1 N–H and O–H groups in total. The van der Waals surface area contributed by atoms with Gasteiger partial charge >= 0.3 is 0 Å². The van der Waals surface area contributed by atoms with Crippen molar-refractivity contribution in [3.05, 3.63) is 23.8 Å². The lowest BCUT2D eigenvalue weighted by Gasteiger charge is -2.05. The third-order valence-electron chi connectivity index (χ3n) is 2.38. The molecule has 0 aromatic rings. The Bertz CT molecular complexity index is 179. The lowest BCUT2D eigenvalue weighted by atomic mass is 10.0. The number of aliphatic hydroxyl groups excluding tert-OH is 1. The van der Waals surface area contributed by atoms with Crippen molar-refractivity contribution in [2.24, 2.45) is 0 Å². The summed E-state index contributed by atoms with van der Waals surface area (Å²) in [4.78, 5) is 0. The highest BCUT2D eigenvalue weighted by Crippen LogP contribution is 2.26. The van der Waals surface area contributed by atoms with Crippen molar-refractivity contribution in [1.82, 2.24) is 0 Å². The summed E-state index contributed by atoms with van der Waals surface area (Å²) in [6, 6.07) is 0. The first-order valence-corrected chi connectivity index (χ1v) is 4.82. The van der Waals surface area contributed by atoms with Gasteiger partial charge in [-0.3, -0.25) is 0 Å². The number of hydrogen-bond acceptors (Lipinski definition) is 1. The van der Waals surface area contributed by atoms with E-state index in [0.29, 0.717) is 6.61 Å². The van der Waals surface area contributed by atoms with Gasteiger partial charge in [0.15, 0.2) is 0 Å². The highest BCUT2D eigenvalue weighted by Gasteiger charge is 2.06. The molecule has 0 aliphatic heterocycles. The van der Waals surface area contributed by atoms with Gasteiger partial charge in [0, 0.05) is 6.61 Å². The minimum atomic E-state index is 0.312. The summed E-state index contributed by atoms with van der Waals surface area (Å²) >= 11 is 0. The lowest BCUT2D eigenvalue weighted by Crippen LogP contribution is -1.88. The standard InChI is InChI=1S/C11H18O/c1-10(6-4-5-9-12)11-7-2-3-8-11/h7,12H,1-6,8-9H2. The fourth-order valence-corrected chi connectivity index (χ4v) is 1.60. The second kappa shape index (κ2) is 5.15. The van der Waals surface area contributed by atoms with Gasteiger partial charge in [-0.15, -0.1) is 0 Å². The SMILES string of the molecule is C=C(CCCCO)C1=CCCC1. The molecule has 1 aliphatic rings. The van der Waals surface area contributed by atoms with Gasteiger partial charge < -0.3 is 5.11 Å². The molecule has 0 amide bonds. The second-order valence-corrected chi connectivity index (χ2v) is 3.41. The van der Waals surface area contributed by atoms with Crippen molar-refractivity contribution >= 4 is 0 Å². The van der Waals surface area contributed by atoms with Gasteiger partial charge in [0.1, 0.15) is 0 Å². The third-order valence-corrected chi connectivity index (χ3v) is 2.38. The summed E-state index contributed by atoms with van der Waals surface area (Å²) in [6.07, 6.45) is 9.10. The molecule has 1 nitrogen and oxygen atoms in total. The van der Waals surface area contributed by atoms with Crippen LogP contribution in [-0.4, -0.2) is 11.7 Å². The summed E-state index contributed by atoms with van der Waals surface area (Å²) in [5.41, 5.74) is 2.76. The molecule has 0 heterocycles. The van der Waals surface area contributed by atoms with E-state index in [1.165, 1.54) is 30.4 Å². The van der Waals surface area contributed by atoms with Crippen LogP contribution in [0, 0.1) is 0 Å². The Morgan fingerprint density at radius 1 is 1.50 bits per heavy atom. The molecule has 0 bridgehead atoms. The molecule has 0 unspecified atom stereocenters. The van der Waals surface area contributed by atoms with Crippen LogP contribution in [0.25, 0.3) is 0 Å². The average Bonchev–Trinajstić information content (AvgIpc) is 2.56. The maximum absolute atomic E-state index is 8.60. The van der Waals surface area contributed by atoms with E-state index in [1.807, 2.05) is 0 Å². The number of hydrogen-bond donors (Lipinski definition) is 1. The third kappa shape index (κ3) is 2.82. The Morgan fingerprint density at radius 2 is 2.33 bits per heavy atom. The maximum atomic E-state index is 8.60. The zero-order valence-electron chi connectivity index (χ0n) is 7.68. The smallest absolute Gasteiger partial charge is 0.0431 e. The Kier molecular flexibility index (Phi) is 4.09. The molecule has 0 aromatic heterocycles. The summed E-state index contributed by atoms with van der Waals surface area (Å²) < 4.78 is 0. The van der Waals surface area contributed by atoms with Gasteiger partial charge in [-0.1, -0.05) is 18.2 Å². The van der Waals surface area contributed by atoms with Gasteiger partial charge in [-0.2, -0.15) is 0 Å². The molecule has 0 atom stereocenters. The van der Waals surface area contributed by atoms with Gasteiger partial charge in [0.05, 0.1) is 0 Å². The van der Waals surface area contributed by atoms with Crippen LogP contribution >= 0.6 is 0 Å². The Morgan fingerprint density at radius 3 is 2.92 bits per heavy atom. The zero-order valence-corrected chi connectivity index (χ0v) is 7.68. The fourth-order valence-electron chi connectivity index (χ4n) is 1.60. The van der Waals surface area contributed by atoms with Crippen molar-refractivity contribution in [3.63, 3.8) is 0 Å². The van der Waals surface area contributed by atoms with Crippen LogP contribution in [0.5, 0.6) is 0 Å². The van der Waals surface area contributed by atoms with Crippen molar-refractivity contribution in [2.45, 2.75) is 38.5 Å². The predicted molar refractivity (Wildman–Crippen MR) is 52.0 cm³/mol. The monoisotopic (exact) mass is 166 g/mol. The molecule has 0 fully saturated rings. The van der Waals surface area contributed by atoms with E-state index >= 15 is 0 Å². The van der Waals surface area contributed by atoms with Gasteiger partial charge in [-0.25, -0.2) is 0 Å². The molecule has 12 heavy (non-hydrogen) atoms. The fraction of sp³-hybridized carbons (Fsp3) is 0.636. The molecule has 0 saturated heterocycles. The van der Waals surface area contributed by atoms with Crippen LogP contribution in [0.3, 0.4) is 0 Å². The van der Waals surface area contributed by atoms with E-state index < -0.39 is 0 Å². The van der Waals surface area contributed by atoms with Crippen LogP contribution in [-0.2, 0) is 0 Å². The van der Waals surface area contributed by atoms with Gasteiger partial charge in [0.25, 0.3) is 0 Å². The topological polar surface area (TPSA) is 20.2 Å². The predicted octanol–water partition coefficient (Wildman–Crippen LogP) is 2.82. The molecule has 0 spiro atoms. The van der Waals surface area contributed by atoms with Gasteiger partial charge in [0.2, 0.25) is 0 Å². The van der Waals surface area contributed by atoms with E-state index in [4.69, 9.17) is 5.11 Å². The van der Waals surface area contributed by atoms with Crippen molar-refractivity contribution in [1.29, 1.82) is 0 Å². The second-order valence-electron chi connectivity index (χ2n) is 3.41. The minimum absolute atomic E-state index is 0.312. The number of unbranched alkanes of at least 4 members (excludes halogenated alkanes) is 1.